The highest BCUT2D eigenvalue weighted by Gasteiger charge is 2.51. The number of ether oxygens (including phenoxy) is 1. The number of benzene rings is 1. The first-order valence-electron chi connectivity index (χ1n) is 11.2. The van der Waals surface area contributed by atoms with E-state index < -0.39 is 5.91 Å². The van der Waals surface area contributed by atoms with Crippen LogP contribution in [-0.2, 0) is 4.79 Å². The minimum atomic E-state index is -0.430. The molecule has 4 aliphatic carbocycles. The predicted molar refractivity (Wildman–Crippen MR) is 113 cm³/mol. The van der Waals surface area contributed by atoms with Gasteiger partial charge in [0.2, 0.25) is 5.91 Å². The van der Waals surface area contributed by atoms with Crippen LogP contribution in [0.15, 0.2) is 22.6 Å². The largest absolute Gasteiger partial charge is 0.494 e. The van der Waals surface area contributed by atoms with Crippen LogP contribution >= 0.6 is 0 Å². The third-order valence-corrected chi connectivity index (χ3v) is 7.44. The van der Waals surface area contributed by atoms with Gasteiger partial charge in [0.05, 0.1) is 6.61 Å². The fraction of sp³-hybridized carbons (Fsp3) is 0.583. The summed E-state index contributed by atoms with van der Waals surface area (Å²) < 4.78 is 11.3. The molecule has 1 aromatic carbocycles. The van der Waals surface area contributed by atoms with Crippen molar-refractivity contribution in [3.8, 4) is 5.75 Å². The lowest BCUT2D eigenvalue weighted by atomic mass is 9.49. The van der Waals surface area contributed by atoms with Gasteiger partial charge in [-0.2, -0.15) is 0 Å². The van der Waals surface area contributed by atoms with Gasteiger partial charge in [0.15, 0.2) is 5.76 Å². The summed E-state index contributed by atoms with van der Waals surface area (Å²) in [5, 5.41) is 0.839. The van der Waals surface area contributed by atoms with Gasteiger partial charge in [-0.25, -0.2) is 0 Å². The smallest absolute Gasteiger partial charge is 0.305 e. The summed E-state index contributed by atoms with van der Waals surface area (Å²) in [5.41, 5.74) is 6.70. The van der Waals surface area contributed by atoms with Gasteiger partial charge in [-0.05, 0) is 93.7 Å². The zero-order valence-corrected chi connectivity index (χ0v) is 17.8. The van der Waals surface area contributed by atoms with E-state index in [1.54, 1.807) is 6.07 Å². The molecule has 0 aliphatic heterocycles. The van der Waals surface area contributed by atoms with Crippen molar-refractivity contribution in [1.29, 1.82) is 0 Å². The van der Waals surface area contributed by atoms with Crippen molar-refractivity contribution in [2.24, 2.45) is 23.2 Å². The van der Waals surface area contributed by atoms with Crippen LogP contribution < -0.4 is 15.6 Å². The molecule has 0 atom stereocenters. The van der Waals surface area contributed by atoms with Crippen LogP contribution in [0.1, 0.15) is 68.0 Å². The average Bonchev–Trinajstić information content (AvgIpc) is 3.01. The third-order valence-electron chi connectivity index (χ3n) is 7.44. The number of furan rings is 1. The van der Waals surface area contributed by atoms with Crippen molar-refractivity contribution in [3.05, 3.63) is 29.5 Å². The third kappa shape index (κ3) is 3.46. The topological polar surface area (TPSA) is 80.6 Å². The van der Waals surface area contributed by atoms with Crippen LogP contribution in [0.5, 0.6) is 5.75 Å². The molecule has 2 amide bonds. The van der Waals surface area contributed by atoms with E-state index in [4.69, 9.17) is 9.15 Å². The number of rotatable bonds is 5. The van der Waals surface area contributed by atoms with Crippen LogP contribution in [0.4, 0.5) is 0 Å². The Balaban J connectivity index is 1.23. The van der Waals surface area contributed by atoms with Gasteiger partial charge < -0.3 is 9.15 Å². The molecule has 4 bridgehead atoms. The number of aryl methyl sites for hydroxylation is 1. The Kier molecular flexibility index (Phi) is 4.75. The molecule has 6 rings (SSSR count). The number of nitrogens with one attached hydrogen (secondary N) is 2. The Morgan fingerprint density at radius 3 is 2.40 bits per heavy atom. The van der Waals surface area contributed by atoms with Crippen molar-refractivity contribution >= 4 is 22.8 Å². The van der Waals surface area contributed by atoms with E-state index in [9.17, 15) is 9.59 Å². The number of hydrazine groups is 1. The molecule has 2 N–H and O–H groups in total. The molecular formula is C24H30N2O4. The number of hydrogen-bond acceptors (Lipinski definition) is 4. The van der Waals surface area contributed by atoms with E-state index in [0.29, 0.717) is 18.6 Å². The molecular weight excluding hydrogens is 380 g/mol. The molecule has 1 heterocycles. The van der Waals surface area contributed by atoms with Crippen LogP contribution in [0.2, 0.25) is 0 Å². The summed E-state index contributed by atoms with van der Waals surface area (Å²) in [4.78, 5) is 25.3. The minimum absolute atomic E-state index is 0.0994. The van der Waals surface area contributed by atoms with Gasteiger partial charge in [-0.15, -0.1) is 0 Å². The Hall–Kier alpha value is -2.50. The standard InChI is InChI=1S/C24H30N2O4/c1-3-29-18-4-5-20-19(9-18)14(2)22(30-20)23(28)26-25-21(27)13-24-10-15-6-16(11-24)8-17(7-15)12-24/h4-5,9,15-17H,3,6-8,10-13H2,1-2H3,(H,25,27)(H,26,28). The van der Waals surface area contributed by atoms with Crippen molar-refractivity contribution in [2.75, 3.05) is 6.61 Å². The van der Waals surface area contributed by atoms with Gasteiger partial charge in [-0.1, -0.05) is 0 Å². The van der Waals surface area contributed by atoms with Gasteiger partial charge >= 0.3 is 5.91 Å². The quantitative estimate of drug-likeness (QED) is 0.711. The fourth-order valence-electron chi connectivity index (χ4n) is 6.75. The first-order valence-corrected chi connectivity index (χ1v) is 11.2. The monoisotopic (exact) mass is 410 g/mol. The van der Waals surface area contributed by atoms with Gasteiger partial charge in [0, 0.05) is 17.4 Å². The summed E-state index contributed by atoms with van der Waals surface area (Å²) in [6.07, 6.45) is 8.09. The summed E-state index contributed by atoms with van der Waals surface area (Å²) in [5.74, 6) is 2.84. The SMILES string of the molecule is CCOc1ccc2oc(C(=O)NNC(=O)CC34CC5CC(CC(C5)C3)C4)c(C)c2c1. The van der Waals surface area contributed by atoms with Crippen molar-refractivity contribution in [1.82, 2.24) is 10.9 Å². The maximum atomic E-state index is 12.7. The lowest BCUT2D eigenvalue weighted by Gasteiger charge is -2.56. The zero-order valence-electron chi connectivity index (χ0n) is 17.8. The van der Waals surface area contributed by atoms with E-state index in [1.807, 2.05) is 26.0 Å². The second kappa shape index (κ2) is 7.33. The zero-order chi connectivity index (χ0) is 20.9. The van der Waals surface area contributed by atoms with Crippen LogP contribution in [0.25, 0.3) is 11.0 Å². The fourth-order valence-corrected chi connectivity index (χ4v) is 6.75. The van der Waals surface area contributed by atoms with Crippen LogP contribution in [0, 0.1) is 30.1 Å². The highest BCUT2D eigenvalue weighted by Crippen LogP contribution is 2.61. The molecule has 1 aromatic heterocycles. The average molecular weight is 411 g/mol. The number of amides is 2. The number of carbonyl (C=O) groups is 2. The number of fused-ring (bicyclic) bond motifs is 1. The highest BCUT2D eigenvalue weighted by molar-refractivity contribution is 5.99. The predicted octanol–water partition coefficient (Wildman–Crippen LogP) is 4.51. The highest BCUT2D eigenvalue weighted by atomic mass is 16.5. The molecule has 0 radical (unpaired) electrons. The lowest BCUT2D eigenvalue weighted by molar-refractivity contribution is -0.130. The van der Waals surface area contributed by atoms with Crippen molar-refractivity contribution in [2.45, 2.75) is 58.8 Å². The number of hydrogen-bond donors (Lipinski definition) is 2. The summed E-state index contributed by atoms with van der Waals surface area (Å²) >= 11 is 0. The molecule has 6 nitrogen and oxygen atoms in total. The maximum Gasteiger partial charge on any atom is 0.305 e. The van der Waals surface area contributed by atoms with Crippen molar-refractivity contribution < 1.29 is 18.7 Å². The maximum absolute atomic E-state index is 12.7. The molecule has 160 valence electrons. The molecule has 0 spiro atoms. The minimum Gasteiger partial charge on any atom is -0.494 e. The Labute approximate surface area is 176 Å². The second-order valence-corrected chi connectivity index (χ2v) is 9.74. The Bertz CT molecular complexity index is 957. The Morgan fingerprint density at radius 2 is 1.77 bits per heavy atom. The molecule has 0 unspecified atom stereocenters. The summed E-state index contributed by atoms with van der Waals surface area (Å²) in [6.45, 7) is 4.34. The molecule has 6 heteroatoms. The molecule has 4 saturated carbocycles. The molecule has 4 fully saturated rings. The normalized spacial score (nSPS) is 29.2. The number of carbonyl (C=O) groups excluding carboxylic acids is 2. The van der Waals surface area contributed by atoms with E-state index >= 15 is 0 Å². The molecule has 2 aromatic rings. The first-order chi connectivity index (χ1) is 14.4. The van der Waals surface area contributed by atoms with Gasteiger partial charge in [-0.3, -0.25) is 20.4 Å². The second-order valence-electron chi connectivity index (χ2n) is 9.74. The van der Waals surface area contributed by atoms with E-state index in [1.165, 1.54) is 38.5 Å². The van der Waals surface area contributed by atoms with Crippen LogP contribution in [0.3, 0.4) is 0 Å². The van der Waals surface area contributed by atoms with Crippen LogP contribution in [-0.4, -0.2) is 18.4 Å². The van der Waals surface area contributed by atoms with Gasteiger partial charge in [0.1, 0.15) is 11.3 Å². The van der Waals surface area contributed by atoms with E-state index in [0.717, 1.165) is 34.5 Å². The van der Waals surface area contributed by atoms with E-state index in [-0.39, 0.29) is 17.1 Å². The first kappa shape index (κ1) is 19.5. The van der Waals surface area contributed by atoms with Gasteiger partial charge in [0.25, 0.3) is 0 Å². The van der Waals surface area contributed by atoms with Crippen molar-refractivity contribution in [3.63, 3.8) is 0 Å². The molecule has 0 saturated heterocycles. The Morgan fingerprint density at radius 1 is 1.10 bits per heavy atom. The lowest BCUT2D eigenvalue weighted by Crippen LogP contribution is -2.50. The van der Waals surface area contributed by atoms with E-state index in [2.05, 4.69) is 10.9 Å². The summed E-state index contributed by atoms with van der Waals surface area (Å²) in [7, 11) is 0. The molecule has 30 heavy (non-hydrogen) atoms. The summed E-state index contributed by atoms with van der Waals surface area (Å²) in [6, 6.07) is 5.50. The molecule has 4 aliphatic rings.